The number of benzene rings is 4. The Kier molecular flexibility index (Phi) is 9.83. The molecule has 0 aromatic heterocycles. The third-order valence-electron chi connectivity index (χ3n) is 8.97. The van der Waals surface area contributed by atoms with Crippen molar-refractivity contribution in [1.29, 1.82) is 0 Å². The molecule has 4 aromatic rings. The highest BCUT2D eigenvalue weighted by Gasteiger charge is 2.25. The molecule has 2 aliphatic rings. The molecule has 4 aromatic carbocycles. The first-order chi connectivity index (χ1) is 21.2. The fourth-order valence-corrected chi connectivity index (χ4v) is 6.52. The Hall–Kier alpha value is -3.93. The zero-order valence-corrected chi connectivity index (χ0v) is 25.0. The zero-order chi connectivity index (χ0) is 29.3. The Morgan fingerprint density at radius 1 is 0.721 bits per heavy atom. The van der Waals surface area contributed by atoms with Gasteiger partial charge < -0.3 is 15.0 Å². The monoisotopic (exact) mass is 573 g/mol. The van der Waals surface area contributed by atoms with Crippen LogP contribution in [0.1, 0.15) is 52.2 Å². The number of carbonyl (C=O) groups excluding carboxylic acids is 1. The Morgan fingerprint density at radius 2 is 1.30 bits per heavy atom. The highest BCUT2D eigenvalue weighted by atomic mass is 16.5. The van der Waals surface area contributed by atoms with Gasteiger partial charge in [0.05, 0.1) is 0 Å². The normalized spacial score (nSPS) is 18.1. The standard InChI is InChI=1S/C38H43N3O2/c42-38(39-26-31-20-23-41(28-31)27-30-10-4-1-5-11-30)34-16-18-35(19-17-34)43-36-21-24-40(25-22-36)29-37(32-12-6-2-7-13-32)33-14-8-3-9-15-33/h1-19,31,36-37H,20-29H2,(H,39,42). The van der Waals surface area contributed by atoms with E-state index in [1.54, 1.807) is 0 Å². The molecule has 0 saturated carbocycles. The minimum atomic E-state index is -0.00671. The van der Waals surface area contributed by atoms with Gasteiger partial charge in [0, 0.05) is 50.7 Å². The lowest BCUT2D eigenvalue weighted by molar-refractivity contribution is 0.0946. The Labute approximate surface area is 256 Å². The molecule has 2 fully saturated rings. The van der Waals surface area contributed by atoms with E-state index in [1.165, 1.54) is 16.7 Å². The van der Waals surface area contributed by atoms with Crippen molar-refractivity contribution in [2.45, 2.75) is 37.8 Å². The summed E-state index contributed by atoms with van der Waals surface area (Å²) >= 11 is 0. The molecule has 1 atom stereocenters. The van der Waals surface area contributed by atoms with Crippen LogP contribution in [0, 0.1) is 5.92 Å². The maximum absolute atomic E-state index is 12.8. The second kappa shape index (κ2) is 14.5. The number of amides is 1. The van der Waals surface area contributed by atoms with E-state index < -0.39 is 0 Å². The maximum Gasteiger partial charge on any atom is 0.251 e. The number of hydrogen-bond acceptors (Lipinski definition) is 4. The van der Waals surface area contributed by atoms with Gasteiger partial charge in [-0.25, -0.2) is 0 Å². The minimum Gasteiger partial charge on any atom is -0.490 e. The summed E-state index contributed by atoms with van der Waals surface area (Å²) in [6.07, 6.45) is 3.32. The van der Waals surface area contributed by atoms with E-state index in [1.807, 2.05) is 24.3 Å². The lowest BCUT2D eigenvalue weighted by Crippen LogP contribution is -2.40. The van der Waals surface area contributed by atoms with Crippen LogP contribution in [0.15, 0.2) is 115 Å². The number of carbonyl (C=O) groups is 1. The van der Waals surface area contributed by atoms with Crippen LogP contribution in [0.25, 0.3) is 0 Å². The van der Waals surface area contributed by atoms with E-state index in [0.29, 0.717) is 17.4 Å². The van der Waals surface area contributed by atoms with Crippen molar-refractivity contribution in [1.82, 2.24) is 15.1 Å². The van der Waals surface area contributed by atoms with Gasteiger partial charge in [0.2, 0.25) is 0 Å². The average molecular weight is 574 g/mol. The van der Waals surface area contributed by atoms with Gasteiger partial charge in [-0.2, -0.15) is 0 Å². The largest absolute Gasteiger partial charge is 0.490 e. The summed E-state index contributed by atoms with van der Waals surface area (Å²) in [4.78, 5) is 17.9. The van der Waals surface area contributed by atoms with Gasteiger partial charge in [0.25, 0.3) is 5.91 Å². The fourth-order valence-electron chi connectivity index (χ4n) is 6.52. The molecule has 0 radical (unpaired) electrons. The predicted molar refractivity (Wildman–Crippen MR) is 173 cm³/mol. The Morgan fingerprint density at radius 3 is 1.93 bits per heavy atom. The highest BCUT2D eigenvalue weighted by Crippen LogP contribution is 2.28. The number of likely N-dealkylation sites (tertiary alicyclic amines) is 2. The summed E-state index contributed by atoms with van der Waals surface area (Å²) in [5, 5.41) is 3.16. The molecule has 1 unspecified atom stereocenters. The molecule has 0 aliphatic carbocycles. The zero-order valence-electron chi connectivity index (χ0n) is 25.0. The number of ether oxygens (including phenoxy) is 1. The van der Waals surface area contributed by atoms with Crippen LogP contribution in [0.4, 0.5) is 0 Å². The molecule has 1 amide bonds. The number of nitrogens with zero attached hydrogens (tertiary/aromatic N) is 2. The van der Waals surface area contributed by atoms with Crippen molar-refractivity contribution < 1.29 is 9.53 Å². The van der Waals surface area contributed by atoms with Crippen molar-refractivity contribution in [2.24, 2.45) is 5.92 Å². The van der Waals surface area contributed by atoms with E-state index in [0.717, 1.165) is 70.8 Å². The third-order valence-corrected chi connectivity index (χ3v) is 8.97. The van der Waals surface area contributed by atoms with Crippen molar-refractivity contribution in [3.05, 3.63) is 138 Å². The molecule has 43 heavy (non-hydrogen) atoms. The highest BCUT2D eigenvalue weighted by molar-refractivity contribution is 5.94. The second-order valence-corrected chi connectivity index (χ2v) is 12.1. The Bertz CT molecular complexity index is 1360. The summed E-state index contributed by atoms with van der Waals surface area (Å²) < 4.78 is 6.35. The summed E-state index contributed by atoms with van der Waals surface area (Å²) in [5.74, 6) is 1.69. The summed E-state index contributed by atoms with van der Waals surface area (Å²) in [6.45, 7) is 6.86. The average Bonchev–Trinajstić information content (AvgIpc) is 3.52. The third kappa shape index (κ3) is 8.13. The summed E-state index contributed by atoms with van der Waals surface area (Å²) in [5.41, 5.74) is 4.77. The molecule has 0 bridgehead atoms. The number of piperidine rings is 1. The van der Waals surface area contributed by atoms with E-state index in [9.17, 15) is 4.79 Å². The van der Waals surface area contributed by atoms with Gasteiger partial charge >= 0.3 is 0 Å². The number of hydrogen-bond donors (Lipinski definition) is 1. The summed E-state index contributed by atoms with van der Waals surface area (Å²) in [7, 11) is 0. The molecule has 2 saturated heterocycles. The van der Waals surface area contributed by atoms with Crippen LogP contribution in [-0.2, 0) is 6.54 Å². The molecule has 1 N–H and O–H groups in total. The topological polar surface area (TPSA) is 44.8 Å². The quantitative estimate of drug-likeness (QED) is 0.219. The van der Waals surface area contributed by atoms with E-state index in [2.05, 4.69) is 106 Å². The molecule has 5 nitrogen and oxygen atoms in total. The van der Waals surface area contributed by atoms with E-state index in [-0.39, 0.29) is 12.0 Å². The van der Waals surface area contributed by atoms with Crippen molar-refractivity contribution >= 4 is 5.91 Å². The van der Waals surface area contributed by atoms with Gasteiger partial charge in [-0.05, 0) is 72.7 Å². The van der Waals surface area contributed by atoms with Gasteiger partial charge in [-0.15, -0.1) is 0 Å². The molecule has 0 spiro atoms. The van der Waals surface area contributed by atoms with E-state index >= 15 is 0 Å². The Balaban J connectivity index is 0.938. The van der Waals surface area contributed by atoms with Crippen molar-refractivity contribution in [3.63, 3.8) is 0 Å². The minimum absolute atomic E-state index is 0.00671. The van der Waals surface area contributed by atoms with Crippen LogP contribution < -0.4 is 10.1 Å². The van der Waals surface area contributed by atoms with Crippen molar-refractivity contribution in [3.8, 4) is 5.75 Å². The van der Waals surface area contributed by atoms with Crippen LogP contribution in [0.3, 0.4) is 0 Å². The van der Waals surface area contributed by atoms with Crippen LogP contribution in [-0.4, -0.2) is 61.1 Å². The SMILES string of the molecule is O=C(NCC1CCN(Cc2ccccc2)C1)c1ccc(OC2CCN(CC(c3ccccc3)c3ccccc3)CC2)cc1. The first kappa shape index (κ1) is 29.2. The molecule has 5 heteroatoms. The fraction of sp³-hybridized carbons (Fsp3) is 0.342. The lowest BCUT2D eigenvalue weighted by atomic mass is 9.90. The maximum atomic E-state index is 12.8. The first-order valence-corrected chi connectivity index (χ1v) is 15.8. The smallest absolute Gasteiger partial charge is 0.251 e. The van der Waals surface area contributed by atoms with Gasteiger partial charge in [-0.1, -0.05) is 91.0 Å². The number of rotatable bonds is 11. The van der Waals surface area contributed by atoms with Crippen molar-refractivity contribution in [2.75, 3.05) is 39.3 Å². The predicted octanol–water partition coefficient (Wildman–Crippen LogP) is 6.61. The molecular weight excluding hydrogens is 530 g/mol. The van der Waals surface area contributed by atoms with Gasteiger partial charge in [0.1, 0.15) is 11.9 Å². The lowest BCUT2D eigenvalue weighted by Gasteiger charge is -2.34. The summed E-state index contributed by atoms with van der Waals surface area (Å²) in [6, 6.07) is 40.0. The van der Waals surface area contributed by atoms with Crippen LogP contribution in [0.2, 0.25) is 0 Å². The van der Waals surface area contributed by atoms with Crippen LogP contribution in [0.5, 0.6) is 5.75 Å². The first-order valence-electron chi connectivity index (χ1n) is 15.8. The van der Waals surface area contributed by atoms with E-state index in [4.69, 9.17) is 4.74 Å². The van der Waals surface area contributed by atoms with Crippen LogP contribution >= 0.6 is 0 Å². The molecular formula is C38H43N3O2. The molecule has 2 heterocycles. The molecule has 6 rings (SSSR count). The van der Waals surface area contributed by atoms with Gasteiger partial charge in [-0.3, -0.25) is 9.69 Å². The second-order valence-electron chi connectivity index (χ2n) is 12.1. The molecule has 2 aliphatic heterocycles. The number of nitrogens with one attached hydrogen (secondary N) is 1. The molecule has 222 valence electrons. The van der Waals surface area contributed by atoms with Gasteiger partial charge in [0.15, 0.2) is 0 Å².